The monoisotopic (exact) mass is 253 g/mol. The first-order valence-electron chi connectivity index (χ1n) is 5.95. The van der Waals surface area contributed by atoms with Crippen molar-refractivity contribution < 1.29 is 19.7 Å². The van der Waals surface area contributed by atoms with E-state index in [9.17, 15) is 10.2 Å². The smallest absolute Gasteiger partial charge is 0.188 e. The molecule has 0 aromatic heterocycles. The van der Waals surface area contributed by atoms with Crippen molar-refractivity contribution in [2.45, 2.75) is 18.3 Å². The highest BCUT2D eigenvalue weighted by Gasteiger charge is 2.48. The van der Waals surface area contributed by atoms with Gasteiger partial charge in [0.05, 0.1) is 12.3 Å². The lowest BCUT2D eigenvalue weighted by atomic mass is 9.94. The number of aliphatic hydroxyl groups excluding tert-OH is 1. The first-order chi connectivity index (χ1) is 8.68. The molecule has 3 N–H and O–H groups in total. The van der Waals surface area contributed by atoms with Crippen molar-refractivity contribution in [1.82, 2.24) is 0 Å². The van der Waals surface area contributed by atoms with E-state index in [2.05, 4.69) is 5.32 Å². The molecule has 0 spiro atoms. The van der Waals surface area contributed by atoms with Crippen LogP contribution in [0, 0.1) is 0 Å². The Morgan fingerprint density at radius 3 is 2.61 bits per heavy atom. The fourth-order valence-corrected chi connectivity index (χ4v) is 2.17. The van der Waals surface area contributed by atoms with E-state index in [1.165, 1.54) is 0 Å². The first-order valence-corrected chi connectivity index (χ1v) is 5.95. The minimum atomic E-state index is -0.361. The number of nitrogens with one attached hydrogen (secondary N) is 1. The van der Waals surface area contributed by atoms with Crippen LogP contribution in [0.5, 0.6) is 11.5 Å². The highest BCUT2D eigenvalue weighted by Crippen LogP contribution is 2.55. The molecule has 0 atom stereocenters. The molecule has 0 bridgehead atoms. The zero-order valence-electron chi connectivity index (χ0n) is 10.7. The first kappa shape index (κ1) is 13.0. The summed E-state index contributed by atoms with van der Waals surface area (Å²) in [5, 5.41) is 22.7. The Balaban J connectivity index is 2.43. The van der Waals surface area contributed by atoms with E-state index in [0.717, 1.165) is 12.8 Å². The fraction of sp³-hybridized carbons (Fsp3) is 0.538. The summed E-state index contributed by atoms with van der Waals surface area (Å²) in [6.07, 6.45) is 1.71. The molecule has 5 nitrogen and oxygen atoms in total. The second kappa shape index (κ2) is 5.04. The van der Waals surface area contributed by atoms with Gasteiger partial charge in [-0.1, -0.05) is 0 Å². The number of methoxy groups -OCH3 is 1. The van der Waals surface area contributed by atoms with Crippen molar-refractivity contribution in [3.8, 4) is 11.5 Å². The number of rotatable bonds is 6. The zero-order chi connectivity index (χ0) is 13.2. The molecule has 1 aliphatic rings. The van der Waals surface area contributed by atoms with Crippen molar-refractivity contribution in [3.05, 3.63) is 17.7 Å². The van der Waals surface area contributed by atoms with Gasteiger partial charge >= 0.3 is 0 Å². The van der Waals surface area contributed by atoms with Gasteiger partial charge in [0, 0.05) is 25.1 Å². The van der Waals surface area contributed by atoms with Crippen molar-refractivity contribution in [3.63, 3.8) is 0 Å². The molecule has 0 radical (unpaired) electrons. The van der Waals surface area contributed by atoms with E-state index in [1.54, 1.807) is 26.3 Å². The maximum absolute atomic E-state index is 10.3. The third-order valence-corrected chi connectivity index (χ3v) is 3.43. The number of phenolic OH excluding ortho intramolecular Hbond substituents is 1. The molecule has 0 amide bonds. The zero-order valence-corrected chi connectivity index (χ0v) is 10.7. The van der Waals surface area contributed by atoms with Crippen LogP contribution in [0.25, 0.3) is 0 Å². The molecule has 0 aliphatic heterocycles. The minimum Gasteiger partial charge on any atom is -0.505 e. The van der Waals surface area contributed by atoms with E-state index in [-0.39, 0.29) is 24.6 Å². The lowest BCUT2D eigenvalue weighted by Gasteiger charge is -2.20. The van der Waals surface area contributed by atoms with Gasteiger partial charge in [-0.2, -0.15) is 0 Å². The highest BCUT2D eigenvalue weighted by atomic mass is 16.7. The van der Waals surface area contributed by atoms with Gasteiger partial charge in [0.15, 0.2) is 6.79 Å². The van der Waals surface area contributed by atoms with Crippen LogP contribution in [-0.2, 0) is 10.2 Å². The lowest BCUT2D eigenvalue weighted by molar-refractivity contribution is 0.0495. The average molecular weight is 253 g/mol. The van der Waals surface area contributed by atoms with Crippen LogP contribution in [0.15, 0.2) is 12.1 Å². The molecule has 1 saturated carbocycles. The molecular weight excluding hydrogens is 234 g/mol. The number of benzene rings is 1. The SMILES string of the molecule is CNc1ccc(OCOC)c(C2(CO)CC2)c1O. The predicted octanol–water partition coefficient (Wildman–Crippen LogP) is 1.44. The molecule has 2 rings (SSSR count). The summed E-state index contributed by atoms with van der Waals surface area (Å²) >= 11 is 0. The summed E-state index contributed by atoms with van der Waals surface area (Å²) in [6.45, 7) is 0.129. The Morgan fingerprint density at radius 1 is 1.39 bits per heavy atom. The summed E-state index contributed by atoms with van der Waals surface area (Å²) in [5.74, 6) is 0.720. The highest BCUT2D eigenvalue weighted by molar-refractivity contribution is 5.66. The number of phenols is 1. The minimum absolute atomic E-state index is 0.0110. The van der Waals surface area contributed by atoms with E-state index in [1.807, 2.05) is 0 Å². The molecule has 1 aromatic rings. The van der Waals surface area contributed by atoms with Crippen LogP contribution >= 0.6 is 0 Å². The Labute approximate surface area is 106 Å². The van der Waals surface area contributed by atoms with Crippen molar-refractivity contribution in [2.24, 2.45) is 0 Å². The summed E-state index contributed by atoms with van der Waals surface area (Å²) in [4.78, 5) is 0. The summed E-state index contributed by atoms with van der Waals surface area (Å²) in [7, 11) is 3.29. The number of aliphatic hydroxyl groups is 1. The third kappa shape index (κ3) is 2.11. The van der Waals surface area contributed by atoms with Gasteiger partial charge in [-0.3, -0.25) is 0 Å². The summed E-state index contributed by atoms with van der Waals surface area (Å²) in [6, 6.07) is 3.53. The van der Waals surface area contributed by atoms with Gasteiger partial charge in [0.1, 0.15) is 11.5 Å². The molecule has 100 valence electrons. The number of hydrogen-bond acceptors (Lipinski definition) is 5. The predicted molar refractivity (Wildman–Crippen MR) is 68.2 cm³/mol. The topological polar surface area (TPSA) is 71.0 Å². The van der Waals surface area contributed by atoms with Gasteiger partial charge in [-0.25, -0.2) is 0 Å². The molecular formula is C13H19NO4. The van der Waals surface area contributed by atoms with Crippen molar-refractivity contribution in [2.75, 3.05) is 32.9 Å². The van der Waals surface area contributed by atoms with Gasteiger partial charge in [0.2, 0.25) is 0 Å². The molecule has 18 heavy (non-hydrogen) atoms. The van der Waals surface area contributed by atoms with Gasteiger partial charge in [-0.05, 0) is 25.0 Å². The Kier molecular flexibility index (Phi) is 3.63. The second-order valence-corrected chi connectivity index (χ2v) is 4.57. The largest absolute Gasteiger partial charge is 0.505 e. The Hall–Kier alpha value is -1.46. The number of hydrogen-bond donors (Lipinski definition) is 3. The van der Waals surface area contributed by atoms with Crippen LogP contribution in [-0.4, -0.2) is 37.8 Å². The summed E-state index contributed by atoms with van der Waals surface area (Å²) in [5.41, 5.74) is 0.948. The standard InChI is InChI=1S/C13H19NO4/c1-14-9-3-4-10(18-8-17-2)11(12(9)16)13(7-15)5-6-13/h3-4,14-16H,5-8H2,1-2H3. The quantitative estimate of drug-likeness (QED) is 0.528. The maximum Gasteiger partial charge on any atom is 0.188 e. The third-order valence-electron chi connectivity index (χ3n) is 3.43. The van der Waals surface area contributed by atoms with Crippen molar-refractivity contribution in [1.29, 1.82) is 0 Å². The van der Waals surface area contributed by atoms with E-state index < -0.39 is 0 Å². The molecule has 1 aromatic carbocycles. The molecule has 0 saturated heterocycles. The fourth-order valence-electron chi connectivity index (χ4n) is 2.17. The summed E-state index contributed by atoms with van der Waals surface area (Å²) < 4.78 is 10.4. The molecule has 0 unspecified atom stereocenters. The molecule has 0 heterocycles. The molecule has 1 aliphatic carbocycles. The van der Waals surface area contributed by atoms with E-state index >= 15 is 0 Å². The van der Waals surface area contributed by atoms with E-state index in [4.69, 9.17) is 9.47 Å². The van der Waals surface area contributed by atoms with Gasteiger partial charge in [-0.15, -0.1) is 0 Å². The van der Waals surface area contributed by atoms with Crippen LogP contribution in [0.3, 0.4) is 0 Å². The number of aromatic hydroxyl groups is 1. The van der Waals surface area contributed by atoms with Crippen LogP contribution < -0.4 is 10.1 Å². The van der Waals surface area contributed by atoms with Gasteiger partial charge < -0.3 is 25.0 Å². The normalized spacial score (nSPS) is 16.4. The van der Waals surface area contributed by atoms with Crippen molar-refractivity contribution >= 4 is 5.69 Å². The number of ether oxygens (including phenoxy) is 2. The lowest BCUT2D eigenvalue weighted by Crippen LogP contribution is -2.15. The average Bonchev–Trinajstić information content (AvgIpc) is 3.17. The Bertz CT molecular complexity index is 429. The Morgan fingerprint density at radius 2 is 2.11 bits per heavy atom. The molecule has 5 heteroatoms. The van der Waals surface area contributed by atoms with Crippen LogP contribution in [0.1, 0.15) is 18.4 Å². The van der Waals surface area contributed by atoms with Gasteiger partial charge in [0.25, 0.3) is 0 Å². The van der Waals surface area contributed by atoms with E-state index in [0.29, 0.717) is 17.0 Å². The number of anilines is 1. The second-order valence-electron chi connectivity index (χ2n) is 4.57. The van der Waals surface area contributed by atoms with Crippen LogP contribution in [0.4, 0.5) is 5.69 Å². The maximum atomic E-state index is 10.3. The van der Waals surface area contributed by atoms with Crippen LogP contribution in [0.2, 0.25) is 0 Å². The molecule has 1 fully saturated rings.